The lowest BCUT2D eigenvalue weighted by Crippen LogP contribution is -2.16. The van der Waals surface area contributed by atoms with Crippen LogP contribution in [0.25, 0.3) is 0 Å². The molecule has 0 saturated heterocycles. The van der Waals surface area contributed by atoms with Gasteiger partial charge in [0.15, 0.2) is 0 Å². The molecule has 1 aliphatic heterocycles. The fraction of sp³-hybridized carbons (Fsp3) is 0.636. The number of hydrogen-bond acceptors (Lipinski definition) is 4. The minimum Gasteiger partial charge on any atom is -0.347 e. The largest absolute Gasteiger partial charge is 0.347 e. The average Bonchev–Trinajstić information content (AvgIpc) is 2.62. The van der Waals surface area contributed by atoms with E-state index in [1.807, 2.05) is 19.0 Å². The van der Waals surface area contributed by atoms with E-state index >= 15 is 0 Å². The summed E-state index contributed by atoms with van der Waals surface area (Å²) in [7, 11) is 3.96. The highest BCUT2D eigenvalue weighted by atomic mass is 15.2. The van der Waals surface area contributed by atoms with Gasteiger partial charge in [0.05, 0.1) is 11.4 Å². The van der Waals surface area contributed by atoms with Crippen molar-refractivity contribution in [3.05, 3.63) is 17.0 Å². The van der Waals surface area contributed by atoms with Crippen LogP contribution in [-0.2, 0) is 13.1 Å². The van der Waals surface area contributed by atoms with E-state index in [1.54, 1.807) is 0 Å². The van der Waals surface area contributed by atoms with Gasteiger partial charge in [0, 0.05) is 32.7 Å². The van der Waals surface area contributed by atoms with E-state index in [0.717, 1.165) is 24.7 Å². The van der Waals surface area contributed by atoms with Crippen molar-refractivity contribution in [1.29, 1.82) is 0 Å². The Labute approximate surface area is 90.7 Å². The zero-order valence-electron chi connectivity index (χ0n) is 9.83. The molecule has 4 nitrogen and oxygen atoms in total. The fourth-order valence-electron chi connectivity index (χ4n) is 1.86. The summed E-state index contributed by atoms with van der Waals surface area (Å²) in [5.74, 6) is 1.28. The molecule has 1 aromatic heterocycles. The molecule has 1 N–H and O–H groups in total. The van der Waals surface area contributed by atoms with Gasteiger partial charge in [0.25, 0.3) is 0 Å². The van der Waals surface area contributed by atoms with Crippen LogP contribution in [0, 0.1) is 0 Å². The van der Waals surface area contributed by atoms with Crippen LogP contribution in [0.2, 0.25) is 0 Å². The molecule has 82 valence electrons. The number of aromatic nitrogens is 2. The molecule has 2 rings (SSSR count). The molecule has 0 bridgehead atoms. The van der Waals surface area contributed by atoms with Gasteiger partial charge in [-0.1, -0.05) is 13.8 Å². The van der Waals surface area contributed by atoms with Gasteiger partial charge in [0.1, 0.15) is 0 Å². The Morgan fingerprint density at radius 3 is 2.53 bits per heavy atom. The number of fused-ring (bicyclic) bond motifs is 1. The lowest BCUT2D eigenvalue weighted by Gasteiger charge is -2.16. The van der Waals surface area contributed by atoms with Gasteiger partial charge in [-0.2, -0.15) is 0 Å². The summed E-state index contributed by atoms with van der Waals surface area (Å²) < 4.78 is 0. The standard InChI is InChI=1S/C11H18N4/c1-7(2)10-8-5-12-6-9(8)13-11(14-10)15(3)4/h7,12H,5-6H2,1-4H3. The van der Waals surface area contributed by atoms with Crippen LogP contribution in [0.3, 0.4) is 0 Å². The van der Waals surface area contributed by atoms with Crippen LogP contribution in [0.1, 0.15) is 36.7 Å². The monoisotopic (exact) mass is 206 g/mol. The molecule has 0 aliphatic carbocycles. The third kappa shape index (κ3) is 1.81. The highest BCUT2D eigenvalue weighted by Crippen LogP contribution is 2.25. The van der Waals surface area contributed by atoms with E-state index in [9.17, 15) is 0 Å². The van der Waals surface area contributed by atoms with E-state index in [2.05, 4.69) is 29.1 Å². The van der Waals surface area contributed by atoms with Crippen molar-refractivity contribution < 1.29 is 0 Å². The molecule has 0 fully saturated rings. The summed E-state index contributed by atoms with van der Waals surface area (Å²) in [4.78, 5) is 11.1. The third-order valence-electron chi connectivity index (χ3n) is 2.65. The zero-order valence-corrected chi connectivity index (χ0v) is 9.83. The quantitative estimate of drug-likeness (QED) is 0.791. The minimum absolute atomic E-state index is 0.459. The second-order valence-corrected chi connectivity index (χ2v) is 4.49. The zero-order chi connectivity index (χ0) is 11.0. The van der Waals surface area contributed by atoms with Gasteiger partial charge in [0.2, 0.25) is 5.95 Å². The van der Waals surface area contributed by atoms with E-state index in [-0.39, 0.29) is 0 Å². The first-order valence-electron chi connectivity index (χ1n) is 5.37. The predicted molar refractivity (Wildman–Crippen MR) is 61.0 cm³/mol. The highest BCUT2D eigenvalue weighted by Gasteiger charge is 2.20. The molecule has 0 amide bonds. The maximum atomic E-state index is 4.62. The Kier molecular flexibility index (Phi) is 2.61. The van der Waals surface area contributed by atoms with Crippen molar-refractivity contribution in [2.45, 2.75) is 32.9 Å². The molecule has 1 aromatic rings. The molecule has 2 heterocycles. The molecule has 0 spiro atoms. The number of nitrogens with one attached hydrogen (secondary N) is 1. The van der Waals surface area contributed by atoms with Crippen molar-refractivity contribution in [2.24, 2.45) is 0 Å². The smallest absolute Gasteiger partial charge is 0.225 e. The van der Waals surface area contributed by atoms with Gasteiger partial charge in [-0.05, 0) is 5.92 Å². The fourth-order valence-corrected chi connectivity index (χ4v) is 1.86. The van der Waals surface area contributed by atoms with Crippen molar-refractivity contribution in [2.75, 3.05) is 19.0 Å². The number of anilines is 1. The number of rotatable bonds is 2. The van der Waals surface area contributed by atoms with Crippen LogP contribution >= 0.6 is 0 Å². The Morgan fingerprint density at radius 2 is 1.93 bits per heavy atom. The Morgan fingerprint density at radius 1 is 1.20 bits per heavy atom. The molecular weight excluding hydrogens is 188 g/mol. The topological polar surface area (TPSA) is 41.1 Å². The SMILES string of the molecule is CC(C)c1nc(N(C)C)nc2c1CNC2. The first kappa shape index (κ1) is 10.4. The van der Waals surface area contributed by atoms with Gasteiger partial charge in [-0.25, -0.2) is 9.97 Å². The van der Waals surface area contributed by atoms with E-state index in [4.69, 9.17) is 0 Å². The van der Waals surface area contributed by atoms with Gasteiger partial charge in [-0.3, -0.25) is 0 Å². The maximum absolute atomic E-state index is 4.62. The number of hydrogen-bond donors (Lipinski definition) is 1. The second-order valence-electron chi connectivity index (χ2n) is 4.49. The Balaban J connectivity index is 2.52. The lowest BCUT2D eigenvalue weighted by molar-refractivity contribution is 0.746. The Bertz CT molecular complexity index is 371. The van der Waals surface area contributed by atoms with Gasteiger partial charge >= 0.3 is 0 Å². The molecule has 0 saturated carbocycles. The average molecular weight is 206 g/mol. The summed E-state index contributed by atoms with van der Waals surface area (Å²) in [5.41, 5.74) is 3.65. The summed E-state index contributed by atoms with van der Waals surface area (Å²) in [6.45, 7) is 6.15. The molecule has 0 radical (unpaired) electrons. The van der Waals surface area contributed by atoms with Crippen molar-refractivity contribution in [3.63, 3.8) is 0 Å². The highest BCUT2D eigenvalue weighted by molar-refractivity contribution is 5.38. The Hall–Kier alpha value is -1.16. The van der Waals surface area contributed by atoms with E-state index in [1.165, 1.54) is 11.3 Å². The summed E-state index contributed by atoms with van der Waals surface area (Å²) in [6.07, 6.45) is 0. The summed E-state index contributed by atoms with van der Waals surface area (Å²) in [6, 6.07) is 0. The normalized spacial score (nSPS) is 14.5. The minimum atomic E-state index is 0.459. The molecule has 0 aromatic carbocycles. The maximum Gasteiger partial charge on any atom is 0.225 e. The molecule has 1 aliphatic rings. The van der Waals surface area contributed by atoms with Crippen LogP contribution in [0.5, 0.6) is 0 Å². The molecule has 15 heavy (non-hydrogen) atoms. The second kappa shape index (κ2) is 3.77. The van der Waals surface area contributed by atoms with Crippen molar-refractivity contribution in [3.8, 4) is 0 Å². The van der Waals surface area contributed by atoms with E-state index < -0.39 is 0 Å². The van der Waals surface area contributed by atoms with Crippen LogP contribution in [0.4, 0.5) is 5.95 Å². The van der Waals surface area contributed by atoms with Crippen LogP contribution in [-0.4, -0.2) is 24.1 Å². The van der Waals surface area contributed by atoms with E-state index in [0.29, 0.717) is 5.92 Å². The first-order chi connectivity index (χ1) is 7.09. The predicted octanol–water partition coefficient (Wildman–Crippen LogP) is 1.27. The summed E-state index contributed by atoms with van der Waals surface area (Å²) in [5, 5.41) is 3.33. The van der Waals surface area contributed by atoms with Crippen molar-refractivity contribution in [1.82, 2.24) is 15.3 Å². The molecule has 4 heteroatoms. The third-order valence-corrected chi connectivity index (χ3v) is 2.65. The number of nitrogens with zero attached hydrogens (tertiary/aromatic N) is 3. The molecule has 0 unspecified atom stereocenters. The van der Waals surface area contributed by atoms with Crippen LogP contribution in [0.15, 0.2) is 0 Å². The van der Waals surface area contributed by atoms with Gasteiger partial charge in [-0.15, -0.1) is 0 Å². The first-order valence-corrected chi connectivity index (χ1v) is 5.37. The molecule has 0 atom stereocenters. The van der Waals surface area contributed by atoms with Crippen LogP contribution < -0.4 is 10.2 Å². The summed E-state index contributed by atoms with van der Waals surface area (Å²) >= 11 is 0. The molecular formula is C11H18N4. The van der Waals surface area contributed by atoms with Gasteiger partial charge < -0.3 is 10.2 Å². The lowest BCUT2D eigenvalue weighted by atomic mass is 10.0. The van der Waals surface area contributed by atoms with Crippen molar-refractivity contribution >= 4 is 5.95 Å².